The highest BCUT2D eigenvalue weighted by Gasteiger charge is 2.36. The van der Waals surface area contributed by atoms with E-state index < -0.39 is 11.9 Å². The predicted molar refractivity (Wildman–Crippen MR) is 75.0 cm³/mol. The highest BCUT2D eigenvalue weighted by Crippen LogP contribution is 2.24. The first-order valence-electron chi connectivity index (χ1n) is 6.01. The Bertz CT molecular complexity index is 506. The van der Waals surface area contributed by atoms with Crippen LogP contribution in [0.15, 0.2) is 28.7 Å². The Morgan fingerprint density at radius 3 is 2.74 bits per heavy atom. The smallest absolute Gasteiger partial charge is 0.321 e. The molecule has 102 valence electrons. The van der Waals surface area contributed by atoms with E-state index in [-0.39, 0.29) is 18.5 Å². The number of benzene rings is 1. The molecule has 0 aliphatic carbocycles. The molecule has 2 rings (SSSR count). The summed E-state index contributed by atoms with van der Waals surface area (Å²) in [6.45, 7) is 2.58. The van der Waals surface area contributed by atoms with Gasteiger partial charge in [0.05, 0.1) is 5.92 Å². The van der Waals surface area contributed by atoms with Gasteiger partial charge in [0.1, 0.15) is 0 Å². The van der Waals surface area contributed by atoms with E-state index in [2.05, 4.69) is 21.2 Å². The van der Waals surface area contributed by atoms with Gasteiger partial charge in [0.2, 0.25) is 0 Å². The molecular formula is C13H15BrN2O3. The molecule has 2 N–H and O–H groups in total. The van der Waals surface area contributed by atoms with Gasteiger partial charge in [-0.1, -0.05) is 28.9 Å². The van der Waals surface area contributed by atoms with Crippen molar-refractivity contribution < 1.29 is 14.7 Å². The highest BCUT2D eigenvalue weighted by atomic mass is 79.9. The van der Waals surface area contributed by atoms with E-state index in [0.29, 0.717) is 12.2 Å². The third kappa shape index (κ3) is 3.26. The number of carbonyl (C=O) groups excluding carboxylic acids is 1. The molecule has 1 aliphatic heterocycles. The lowest BCUT2D eigenvalue weighted by Crippen LogP contribution is -2.33. The Balaban J connectivity index is 2.00. The summed E-state index contributed by atoms with van der Waals surface area (Å²) >= 11 is 3.33. The maximum Gasteiger partial charge on any atom is 0.321 e. The molecule has 1 fully saturated rings. The zero-order chi connectivity index (χ0) is 14.0. The Labute approximate surface area is 119 Å². The average molecular weight is 327 g/mol. The summed E-state index contributed by atoms with van der Waals surface area (Å²) in [6, 6.07) is 7.03. The number of urea groups is 1. The van der Waals surface area contributed by atoms with Gasteiger partial charge in [-0.25, -0.2) is 4.79 Å². The SMILES string of the molecule is C[C@@H]1CN(C(=O)Nc2cccc(Br)c2)C[C@H]1C(=O)O. The van der Waals surface area contributed by atoms with Crippen LogP contribution in [0, 0.1) is 11.8 Å². The van der Waals surface area contributed by atoms with E-state index in [1.165, 1.54) is 0 Å². The van der Waals surface area contributed by atoms with Crippen LogP contribution in [-0.2, 0) is 4.79 Å². The largest absolute Gasteiger partial charge is 0.481 e. The number of carbonyl (C=O) groups is 2. The van der Waals surface area contributed by atoms with Gasteiger partial charge in [0.25, 0.3) is 0 Å². The molecule has 19 heavy (non-hydrogen) atoms. The van der Waals surface area contributed by atoms with Crippen molar-refractivity contribution in [3.05, 3.63) is 28.7 Å². The fourth-order valence-electron chi connectivity index (χ4n) is 2.22. The first kappa shape index (κ1) is 13.9. The monoisotopic (exact) mass is 326 g/mol. The van der Waals surface area contributed by atoms with E-state index in [4.69, 9.17) is 5.11 Å². The number of likely N-dealkylation sites (tertiary alicyclic amines) is 1. The third-order valence-electron chi connectivity index (χ3n) is 3.29. The topological polar surface area (TPSA) is 69.6 Å². The van der Waals surface area contributed by atoms with Crippen molar-refractivity contribution >= 4 is 33.6 Å². The van der Waals surface area contributed by atoms with Crippen LogP contribution < -0.4 is 5.32 Å². The van der Waals surface area contributed by atoms with Crippen molar-refractivity contribution in [3.63, 3.8) is 0 Å². The quantitative estimate of drug-likeness (QED) is 0.877. The molecule has 1 aliphatic rings. The molecule has 0 aromatic heterocycles. The molecule has 1 saturated heterocycles. The molecule has 5 nitrogen and oxygen atoms in total. The molecular weight excluding hydrogens is 312 g/mol. The molecule has 0 bridgehead atoms. The average Bonchev–Trinajstić information content (AvgIpc) is 2.71. The summed E-state index contributed by atoms with van der Waals surface area (Å²) in [5.41, 5.74) is 0.686. The number of hydrogen-bond donors (Lipinski definition) is 2. The van der Waals surface area contributed by atoms with E-state index in [9.17, 15) is 9.59 Å². The number of rotatable bonds is 2. The van der Waals surface area contributed by atoms with Crippen LogP contribution in [-0.4, -0.2) is 35.1 Å². The predicted octanol–water partition coefficient (Wildman–Crippen LogP) is 2.63. The number of nitrogens with one attached hydrogen (secondary N) is 1. The summed E-state index contributed by atoms with van der Waals surface area (Å²) in [5.74, 6) is -1.34. The standard InChI is InChI=1S/C13H15BrN2O3/c1-8-6-16(7-11(8)12(17)18)13(19)15-10-4-2-3-9(14)5-10/h2-5,8,11H,6-7H2,1H3,(H,15,19)(H,17,18)/t8-,11-/m1/s1. The molecule has 6 heteroatoms. The van der Waals surface area contributed by atoms with Gasteiger partial charge in [-0.15, -0.1) is 0 Å². The van der Waals surface area contributed by atoms with Crippen molar-refractivity contribution in [2.45, 2.75) is 6.92 Å². The molecule has 0 saturated carbocycles. The summed E-state index contributed by atoms with van der Waals surface area (Å²) in [4.78, 5) is 24.6. The lowest BCUT2D eigenvalue weighted by molar-refractivity contribution is -0.142. The molecule has 0 unspecified atom stereocenters. The van der Waals surface area contributed by atoms with Crippen LogP contribution in [0.25, 0.3) is 0 Å². The lowest BCUT2D eigenvalue weighted by Gasteiger charge is -2.17. The van der Waals surface area contributed by atoms with Gasteiger partial charge in [0.15, 0.2) is 0 Å². The van der Waals surface area contributed by atoms with Gasteiger partial charge in [-0.05, 0) is 24.1 Å². The van der Waals surface area contributed by atoms with Crippen molar-refractivity contribution in [2.24, 2.45) is 11.8 Å². The maximum absolute atomic E-state index is 12.0. The zero-order valence-electron chi connectivity index (χ0n) is 10.5. The summed E-state index contributed by atoms with van der Waals surface area (Å²) in [5, 5.41) is 11.8. The third-order valence-corrected chi connectivity index (χ3v) is 3.79. The number of carboxylic acids is 1. The van der Waals surface area contributed by atoms with Crippen molar-refractivity contribution in [1.29, 1.82) is 0 Å². The second-order valence-corrected chi connectivity index (χ2v) is 5.68. The molecule has 0 radical (unpaired) electrons. The molecule has 1 aromatic rings. The number of halogens is 1. The fourth-order valence-corrected chi connectivity index (χ4v) is 2.62. The summed E-state index contributed by atoms with van der Waals surface area (Å²) < 4.78 is 0.878. The second kappa shape index (κ2) is 5.61. The van der Waals surface area contributed by atoms with Crippen molar-refractivity contribution in [1.82, 2.24) is 4.90 Å². The number of anilines is 1. The van der Waals surface area contributed by atoms with Crippen LogP contribution in [0.4, 0.5) is 10.5 Å². The number of carboxylic acid groups (broad SMARTS) is 1. The van der Waals surface area contributed by atoms with Gasteiger partial charge in [0, 0.05) is 23.2 Å². The van der Waals surface area contributed by atoms with Crippen LogP contribution in [0.5, 0.6) is 0 Å². The number of amides is 2. The molecule has 1 heterocycles. The first-order valence-corrected chi connectivity index (χ1v) is 6.81. The molecule has 1 aromatic carbocycles. The van der Waals surface area contributed by atoms with Crippen LogP contribution in [0.3, 0.4) is 0 Å². The normalized spacial score (nSPS) is 22.3. The van der Waals surface area contributed by atoms with Gasteiger partial charge < -0.3 is 15.3 Å². The van der Waals surface area contributed by atoms with Gasteiger partial charge in [-0.2, -0.15) is 0 Å². The molecule has 2 atom stereocenters. The fraction of sp³-hybridized carbons (Fsp3) is 0.385. The number of aliphatic carboxylic acids is 1. The maximum atomic E-state index is 12.0. The minimum atomic E-state index is -0.842. The van der Waals surface area contributed by atoms with Crippen molar-refractivity contribution in [2.75, 3.05) is 18.4 Å². The number of nitrogens with zero attached hydrogens (tertiary/aromatic N) is 1. The Morgan fingerprint density at radius 1 is 1.42 bits per heavy atom. The van der Waals surface area contributed by atoms with E-state index in [1.807, 2.05) is 19.1 Å². The Morgan fingerprint density at radius 2 is 2.16 bits per heavy atom. The molecule has 0 spiro atoms. The van der Waals surface area contributed by atoms with Crippen LogP contribution in [0.2, 0.25) is 0 Å². The first-order chi connectivity index (χ1) is 8.97. The lowest BCUT2D eigenvalue weighted by atomic mass is 9.99. The Hall–Kier alpha value is -1.56. The second-order valence-electron chi connectivity index (χ2n) is 4.77. The molecule has 2 amide bonds. The van der Waals surface area contributed by atoms with Crippen molar-refractivity contribution in [3.8, 4) is 0 Å². The van der Waals surface area contributed by atoms with Crippen LogP contribution >= 0.6 is 15.9 Å². The van der Waals surface area contributed by atoms with E-state index in [1.54, 1.807) is 17.0 Å². The van der Waals surface area contributed by atoms with E-state index >= 15 is 0 Å². The summed E-state index contributed by atoms with van der Waals surface area (Å²) in [6.07, 6.45) is 0. The highest BCUT2D eigenvalue weighted by molar-refractivity contribution is 9.10. The minimum Gasteiger partial charge on any atom is -0.481 e. The van der Waals surface area contributed by atoms with Crippen LogP contribution in [0.1, 0.15) is 6.92 Å². The number of hydrogen-bond acceptors (Lipinski definition) is 2. The Kier molecular flexibility index (Phi) is 4.09. The zero-order valence-corrected chi connectivity index (χ0v) is 12.1. The minimum absolute atomic E-state index is 0.0224. The summed E-state index contributed by atoms with van der Waals surface area (Å²) in [7, 11) is 0. The van der Waals surface area contributed by atoms with Gasteiger partial charge in [-0.3, -0.25) is 4.79 Å². The van der Waals surface area contributed by atoms with E-state index in [0.717, 1.165) is 4.47 Å². The van der Waals surface area contributed by atoms with Gasteiger partial charge >= 0.3 is 12.0 Å².